The lowest BCUT2D eigenvalue weighted by molar-refractivity contribution is -0.0132. The average Bonchev–Trinajstić information content (AvgIpc) is 2.16. The maximum absolute atomic E-state index is 12.0. The van der Waals surface area contributed by atoms with E-state index in [1.165, 1.54) is 0 Å². The number of carbonyl (C=O) groups is 1. The van der Waals surface area contributed by atoms with Gasteiger partial charge in [-0.15, -0.1) is 0 Å². The fourth-order valence-corrected chi connectivity index (χ4v) is 2.12. The summed E-state index contributed by atoms with van der Waals surface area (Å²) in [5.74, 6) is 0. The van der Waals surface area contributed by atoms with E-state index in [-0.39, 0.29) is 18.4 Å². The number of ether oxygens (including phenoxy) is 2. The van der Waals surface area contributed by atoms with Crippen LogP contribution in [0.5, 0.6) is 0 Å². The van der Waals surface area contributed by atoms with Gasteiger partial charge in [-0.1, -0.05) is 13.8 Å². The Hall–Kier alpha value is -0.580. The molecule has 0 fully saturated rings. The van der Waals surface area contributed by atoms with Crippen LogP contribution in [0.4, 0.5) is 4.79 Å². The summed E-state index contributed by atoms with van der Waals surface area (Å²) in [6.45, 7) is 8.35. The van der Waals surface area contributed by atoms with Crippen molar-refractivity contribution in [2.45, 2.75) is 46.4 Å². The zero-order valence-corrected chi connectivity index (χ0v) is 11.9. The van der Waals surface area contributed by atoms with E-state index in [4.69, 9.17) is 13.8 Å². The molecule has 0 saturated heterocycles. The van der Waals surface area contributed by atoms with Gasteiger partial charge in [0.15, 0.2) is 0 Å². The molecule has 17 heavy (non-hydrogen) atoms. The fourth-order valence-electron chi connectivity index (χ4n) is 0.890. The quantitative estimate of drug-likeness (QED) is 0.401. The van der Waals surface area contributed by atoms with E-state index in [1.807, 2.05) is 0 Å². The van der Waals surface area contributed by atoms with Gasteiger partial charge in [-0.05, 0) is 20.8 Å². The summed E-state index contributed by atoms with van der Waals surface area (Å²) in [6, 6.07) is 0. The standard InChI is InChI=1S/C10H21O6P/c1-6-14-17(12,9(4)5)15-7-13-10(11)16-8(2)3/h8-9H,6-7H2,1-5H3. The van der Waals surface area contributed by atoms with E-state index in [1.54, 1.807) is 34.6 Å². The maximum atomic E-state index is 12.0. The summed E-state index contributed by atoms with van der Waals surface area (Å²) in [5.41, 5.74) is -0.299. The Morgan fingerprint density at radius 1 is 1.18 bits per heavy atom. The zero-order valence-electron chi connectivity index (χ0n) is 11.0. The van der Waals surface area contributed by atoms with Crippen LogP contribution in [0.2, 0.25) is 0 Å². The van der Waals surface area contributed by atoms with Crippen LogP contribution in [0, 0.1) is 0 Å². The van der Waals surface area contributed by atoms with Crippen LogP contribution >= 0.6 is 7.60 Å². The summed E-state index contributed by atoms with van der Waals surface area (Å²) in [4.78, 5) is 11.0. The topological polar surface area (TPSA) is 71.1 Å². The van der Waals surface area contributed by atoms with Crippen LogP contribution in [0.1, 0.15) is 34.6 Å². The third-order valence-electron chi connectivity index (χ3n) is 1.68. The number of carbonyl (C=O) groups excluding carboxylic acids is 1. The highest BCUT2D eigenvalue weighted by molar-refractivity contribution is 7.54. The molecule has 0 aliphatic heterocycles. The summed E-state index contributed by atoms with van der Waals surface area (Å²) >= 11 is 0. The Morgan fingerprint density at radius 3 is 2.18 bits per heavy atom. The molecule has 0 N–H and O–H groups in total. The average molecular weight is 268 g/mol. The van der Waals surface area contributed by atoms with E-state index in [0.29, 0.717) is 0 Å². The minimum atomic E-state index is -3.21. The van der Waals surface area contributed by atoms with Crippen molar-refractivity contribution in [3.05, 3.63) is 0 Å². The van der Waals surface area contributed by atoms with Crippen molar-refractivity contribution < 1.29 is 27.9 Å². The van der Waals surface area contributed by atoms with Crippen LogP contribution in [0.25, 0.3) is 0 Å². The van der Waals surface area contributed by atoms with Crippen molar-refractivity contribution in [1.29, 1.82) is 0 Å². The van der Waals surface area contributed by atoms with Gasteiger partial charge in [0.2, 0.25) is 6.79 Å². The molecule has 0 aliphatic rings. The third kappa shape index (κ3) is 6.66. The molecule has 0 aliphatic carbocycles. The van der Waals surface area contributed by atoms with Crippen molar-refractivity contribution in [3.63, 3.8) is 0 Å². The van der Waals surface area contributed by atoms with Gasteiger partial charge in [0.05, 0.1) is 18.4 Å². The van der Waals surface area contributed by atoms with Gasteiger partial charge in [-0.3, -0.25) is 9.09 Å². The molecule has 0 amide bonds. The van der Waals surface area contributed by atoms with E-state index in [9.17, 15) is 9.36 Å². The molecule has 0 aromatic rings. The van der Waals surface area contributed by atoms with Gasteiger partial charge in [0, 0.05) is 0 Å². The van der Waals surface area contributed by atoms with Gasteiger partial charge in [0.25, 0.3) is 0 Å². The van der Waals surface area contributed by atoms with Gasteiger partial charge in [-0.25, -0.2) is 4.79 Å². The number of hydrogen-bond donors (Lipinski definition) is 0. The second-order valence-corrected chi connectivity index (χ2v) is 6.49. The Morgan fingerprint density at radius 2 is 1.76 bits per heavy atom. The maximum Gasteiger partial charge on any atom is 0.510 e. The molecule has 7 heteroatoms. The van der Waals surface area contributed by atoms with Crippen LogP contribution in [-0.2, 0) is 23.1 Å². The van der Waals surface area contributed by atoms with E-state index < -0.39 is 20.5 Å². The van der Waals surface area contributed by atoms with Crippen molar-refractivity contribution in [2.75, 3.05) is 13.4 Å². The third-order valence-corrected chi connectivity index (χ3v) is 4.03. The summed E-state index contributed by atoms with van der Waals surface area (Å²) in [7, 11) is -3.21. The molecule has 0 aromatic carbocycles. The van der Waals surface area contributed by atoms with Crippen LogP contribution in [-0.4, -0.2) is 31.3 Å². The van der Waals surface area contributed by atoms with Gasteiger partial charge < -0.3 is 14.0 Å². The first-order valence-corrected chi connectivity index (χ1v) is 7.15. The van der Waals surface area contributed by atoms with Crippen LogP contribution in [0.15, 0.2) is 0 Å². The predicted octanol–water partition coefficient (Wildman–Crippen LogP) is 3.16. The lowest BCUT2D eigenvalue weighted by atomic mass is 10.5. The van der Waals surface area contributed by atoms with Crippen LogP contribution in [0.3, 0.4) is 0 Å². The van der Waals surface area contributed by atoms with Gasteiger partial charge in [0.1, 0.15) is 0 Å². The van der Waals surface area contributed by atoms with Gasteiger partial charge in [-0.2, -0.15) is 0 Å². The highest BCUT2D eigenvalue weighted by Gasteiger charge is 2.29. The van der Waals surface area contributed by atoms with E-state index in [0.717, 1.165) is 0 Å². The molecule has 0 radical (unpaired) electrons. The highest BCUT2D eigenvalue weighted by atomic mass is 31.2. The Labute approximate surface area is 102 Å². The first-order chi connectivity index (χ1) is 7.81. The molecule has 0 rings (SSSR count). The fraction of sp³-hybridized carbons (Fsp3) is 0.900. The van der Waals surface area contributed by atoms with Crippen molar-refractivity contribution in [1.82, 2.24) is 0 Å². The first kappa shape index (κ1) is 16.4. The summed E-state index contributed by atoms with van der Waals surface area (Å²) < 4.78 is 31.4. The minimum Gasteiger partial charge on any atom is -0.432 e. The van der Waals surface area contributed by atoms with Crippen molar-refractivity contribution >= 4 is 13.8 Å². The molecular weight excluding hydrogens is 247 g/mol. The smallest absolute Gasteiger partial charge is 0.432 e. The molecule has 1 atom stereocenters. The molecule has 0 saturated carbocycles. The normalized spacial score (nSPS) is 14.8. The molecule has 6 nitrogen and oxygen atoms in total. The predicted molar refractivity (Wildman–Crippen MR) is 63.0 cm³/mol. The highest BCUT2D eigenvalue weighted by Crippen LogP contribution is 2.52. The van der Waals surface area contributed by atoms with E-state index in [2.05, 4.69) is 4.74 Å². The van der Waals surface area contributed by atoms with Crippen molar-refractivity contribution in [2.24, 2.45) is 0 Å². The largest absolute Gasteiger partial charge is 0.510 e. The van der Waals surface area contributed by atoms with Crippen molar-refractivity contribution in [3.8, 4) is 0 Å². The second-order valence-electron chi connectivity index (χ2n) is 3.86. The van der Waals surface area contributed by atoms with Crippen LogP contribution < -0.4 is 0 Å². The Kier molecular flexibility index (Phi) is 7.43. The Balaban J connectivity index is 4.07. The molecular formula is C10H21O6P. The lowest BCUT2D eigenvalue weighted by Gasteiger charge is -2.20. The van der Waals surface area contributed by atoms with Gasteiger partial charge >= 0.3 is 13.8 Å². The molecule has 102 valence electrons. The first-order valence-electron chi connectivity index (χ1n) is 5.54. The monoisotopic (exact) mass is 268 g/mol. The molecule has 0 heterocycles. The summed E-state index contributed by atoms with van der Waals surface area (Å²) in [6.07, 6.45) is -1.13. The number of hydrogen-bond acceptors (Lipinski definition) is 6. The molecule has 0 spiro atoms. The Bertz CT molecular complexity index is 276. The summed E-state index contributed by atoms with van der Waals surface area (Å²) in [5, 5.41) is 0. The molecule has 0 bridgehead atoms. The molecule has 1 unspecified atom stereocenters. The second kappa shape index (κ2) is 7.69. The SMILES string of the molecule is CCOP(=O)(OCOC(=O)OC(C)C)C(C)C. The zero-order chi connectivity index (χ0) is 13.5. The van der Waals surface area contributed by atoms with E-state index >= 15 is 0 Å². The number of rotatable bonds is 7. The molecule has 0 aromatic heterocycles. The minimum absolute atomic E-state index is 0.270. The lowest BCUT2D eigenvalue weighted by Crippen LogP contribution is -2.16.